The molecule has 0 heterocycles. The average Bonchev–Trinajstić information content (AvgIpc) is 2.28. The molecular weight excluding hydrogens is 285 g/mol. The fraction of sp³-hybridized carbons (Fsp3) is 0. The quantitative estimate of drug-likeness (QED) is 0.820. The van der Waals surface area contributed by atoms with Gasteiger partial charge in [0.1, 0.15) is 23.1 Å². The number of aromatic hydroxyl groups is 2. The van der Waals surface area contributed by atoms with Gasteiger partial charge in [-0.25, -0.2) is 8.78 Å². The lowest BCUT2D eigenvalue weighted by atomic mass is 10.0. The first-order chi connectivity index (χ1) is 8.40. The number of rotatable bonds is 1. The van der Waals surface area contributed by atoms with Crippen LogP contribution in [0.3, 0.4) is 0 Å². The molecule has 2 N–H and O–H groups in total. The fourth-order valence-corrected chi connectivity index (χ4v) is 1.95. The second-order valence-corrected chi connectivity index (χ2v) is 4.38. The Bertz CT molecular complexity index is 574. The van der Waals surface area contributed by atoms with Crippen LogP contribution in [0.25, 0.3) is 11.1 Å². The highest BCUT2D eigenvalue weighted by Gasteiger charge is 2.17. The molecule has 94 valence electrons. The van der Waals surface area contributed by atoms with Crippen LogP contribution in [-0.2, 0) is 0 Å². The van der Waals surface area contributed by atoms with Crippen LogP contribution in [0.1, 0.15) is 0 Å². The predicted molar refractivity (Wildman–Crippen MR) is 65.1 cm³/mol. The standard InChI is InChI=1S/C12H6Cl2F2O2/c13-9-3-5(15)1-7(11(9)17)8-2-6(16)4-10(14)12(8)18/h1-4,17-18H. The molecule has 0 fully saturated rings. The topological polar surface area (TPSA) is 40.5 Å². The van der Waals surface area contributed by atoms with Crippen molar-refractivity contribution >= 4 is 23.2 Å². The normalized spacial score (nSPS) is 10.7. The summed E-state index contributed by atoms with van der Waals surface area (Å²) in [5, 5.41) is 18.9. The minimum atomic E-state index is -0.729. The summed E-state index contributed by atoms with van der Waals surface area (Å²) >= 11 is 11.2. The van der Waals surface area contributed by atoms with Crippen molar-refractivity contribution < 1.29 is 19.0 Å². The molecule has 0 aromatic heterocycles. The number of phenolic OH excluding ortho intramolecular Hbond substituents is 2. The van der Waals surface area contributed by atoms with Crippen LogP contribution < -0.4 is 0 Å². The number of halogens is 4. The van der Waals surface area contributed by atoms with Gasteiger partial charge in [-0.2, -0.15) is 0 Å². The van der Waals surface area contributed by atoms with E-state index in [0.717, 1.165) is 24.3 Å². The maximum atomic E-state index is 13.2. The monoisotopic (exact) mass is 290 g/mol. The van der Waals surface area contributed by atoms with E-state index in [9.17, 15) is 19.0 Å². The first-order valence-electron chi connectivity index (χ1n) is 4.76. The van der Waals surface area contributed by atoms with Gasteiger partial charge in [-0.05, 0) is 24.3 Å². The molecule has 0 spiro atoms. The highest BCUT2D eigenvalue weighted by atomic mass is 35.5. The van der Waals surface area contributed by atoms with Crippen molar-refractivity contribution in [2.45, 2.75) is 0 Å². The van der Waals surface area contributed by atoms with Crippen molar-refractivity contribution in [2.75, 3.05) is 0 Å². The molecule has 0 atom stereocenters. The summed E-state index contributed by atoms with van der Waals surface area (Å²) in [6.07, 6.45) is 0. The second kappa shape index (κ2) is 4.63. The van der Waals surface area contributed by atoms with Crippen molar-refractivity contribution in [3.05, 3.63) is 45.9 Å². The molecule has 0 saturated heterocycles. The minimum absolute atomic E-state index is 0.140. The molecular formula is C12H6Cl2F2O2. The molecule has 0 bridgehead atoms. The lowest BCUT2D eigenvalue weighted by Crippen LogP contribution is -1.87. The van der Waals surface area contributed by atoms with Gasteiger partial charge in [0.25, 0.3) is 0 Å². The van der Waals surface area contributed by atoms with E-state index in [1.807, 2.05) is 0 Å². The maximum Gasteiger partial charge on any atom is 0.142 e. The predicted octanol–water partition coefficient (Wildman–Crippen LogP) is 4.35. The van der Waals surface area contributed by atoms with Crippen molar-refractivity contribution in [3.63, 3.8) is 0 Å². The van der Waals surface area contributed by atoms with Crippen molar-refractivity contribution in [1.29, 1.82) is 0 Å². The Balaban J connectivity index is 2.77. The van der Waals surface area contributed by atoms with Crippen molar-refractivity contribution in [3.8, 4) is 22.6 Å². The van der Waals surface area contributed by atoms with Gasteiger partial charge in [0.05, 0.1) is 10.0 Å². The summed E-state index contributed by atoms with van der Waals surface area (Å²) in [5.74, 6) is -2.38. The molecule has 0 saturated carbocycles. The van der Waals surface area contributed by atoms with E-state index in [-0.39, 0.29) is 21.2 Å². The zero-order valence-electron chi connectivity index (χ0n) is 8.72. The van der Waals surface area contributed by atoms with Gasteiger partial charge in [0, 0.05) is 11.1 Å². The van der Waals surface area contributed by atoms with Crippen LogP contribution in [-0.4, -0.2) is 10.2 Å². The Labute approximate surface area is 111 Å². The Morgan fingerprint density at radius 3 is 1.39 bits per heavy atom. The Morgan fingerprint density at radius 1 is 0.722 bits per heavy atom. The Morgan fingerprint density at radius 2 is 1.06 bits per heavy atom. The van der Waals surface area contributed by atoms with E-state index in [2.05, 4.69) is 0 Å². The van der Waals surface area contributed by atoms with Crippen LogP contribution in [0.5, 0.6) is 11.5 Å². The zero-order valence-corrected chi connectivity index (χ0v) is 10.2. The van der Waals surface area contributed by atoms with Crippen LogP contribution in [0.15, 0.2) is 24.3 Å². The second-order valence-electron chi connectivity index (χ2n) is 3.57. The Hall–Kier alpha value is -1.52. The highest BCUT2D eigenvalue weighted by Crippen LogP contribution is 2.42. The first kappa shape index (κ1) is 12.9. The van der Waals surface area contributed by atoms with E-state index in [1.165, 1.54) is 0 Å². The average molecular weight is 291 g/mol. The Kier molecular flexibility index (Phi) is 3.32. The van der Waals surface area contributed by atoms with Crippen LogP contribution >= 0.6 is 23.2 Å². The lowest BCUT2D eigenvalue weighted by molar-refractivity contribution is 0.467. The molecule has 2 aromatic rings. The van der Waals surface area contributed by atoms with Gasteiger partial charge in [-0.3, -0.25) is 0 Å². The first-order valence-corrected chi connectivity index (χ1v) is 5.52. The molecule has 2 nitrogen and oxygen atoms in total. The van der Waals surface area contributed by atoms with E-state index < -0.39 is 23.1 Å². The molecule has 0 aliphatic heterocycles. The number of hydrogen-bond donors (Lipinski definition) is 2. The van der Waals surface area contributed by atoms with Gasteiger partial charge in [-0.1, -0.05) is 23.2 Å². The van der Waals surface area contributed by atoms with Gasteiger partial charge < -0.3 is 10.2 Å². The maximum absolute atomic E-state index is 13.2. The lowest BCUT2D eigenvalue weighted by Gasteiger charge is -2.10. The fourth-order valence-electron chi connectivity index (χ4n) is 1.54. The van der Waals surface area contributed by atoms with Crippen LogP contribution in [0.4, 0.5) is 8.78 Å². The van der Waals surface area contributed by atoms with Gasteiger partial charge >= 0.3 is 0 Å². The molecule has 18 heavy (non-hydrogen) atoms. The summed E-state index contributed by atoms with van der Waals surface area (Å²) in [6, 6.07) is 3.65. The SMILES string of the molecule is Oc1c(Cl)cc(F)cc1-c1cc(F)cc(Cl)c1O. The number of hydrogen-bond acceptors (Lipinski definition) is 2. The molecule has 0 unspecified atom stereocenters. The molecule has 2 aromatic carbocycles. The van der Waals surface area contributed by atoms with Gasteiger partial charge in [0.15, 0.2) is 0 Å². The van der Waals surface area contributed by atoms with E-state index in [0.29, 0.717) is 0 Å². The zero-order chi connectivity index (χ0) is 13.4. The van der Waals surface area contributed by atoms with Crippen molar-refractivity contribution in [2.24, 2.45) is 0 Å². The van der Waals surface area contributed by atoms with E-state index in [1.54, 1.807) is 0 Å². The van der Waals surface area contributed by atoms with Crippen LogP contribution in [0.2, 0.25) is 10.0 Å². The summed E-state index contributed by atoms with van der Waals surface area (Å²) in [5.41, 5.74) is -0.280. The molecule has 6 heteroatoms. The van der Waals surface area contributed by atoms with E-state index >= 15 is 0 Å². The summed E-state index contributed by atoms with van der Waals surface area (Å²) in [4.78, 5) is 0. The molecule has 0 aliphatic rings. The summed E-state index contributed by atoms with van der Waals surface area (Å²) in [6.45, 7) is 0. The summed E-state index contributed by atoms with van der Waals surface area (Å²) in [7, 11) is 0. The molecule has 0 amide bonds. The smallest absolute Gasteiger partial charge is 0.142 e. The number of phenols is 2. The third kappa shape index (κ3) is 2.21. The minimum Gasteiger partial charge on any atom is -0.506 e. The van der Waals surface area contributed by atoms with Crippen molar-refractivity contribution in [1.82, 2.24) is 0 Å². The third-order valence-corrected chi connectivity index (χ3v) is 2.92. The summed E-state index contributed by atoms with van der Waals surface area (Å²) < 4.78 is 26.4. The van der Waals surface area contributed by atoms with Crippen LogP contribution in [0, 0.1) is 11.6 Å². The van der Waals surface area contributed by atoms with Gasteiger partial charge in [0.2, 0.25) is 0 Å². The highest BCUT2D eigenvalue weighted by molar-refractivity contribution is 6.33. The van der Waals surface area contributed by atoms with E-state index in [4.69, 9.17) is 23.2 Å². The molecule has 2 rings (SSSR count). The third-order valence-electron chi connectivity index (χ3n) is 2.35. The molecule has 0 aliphatic carbocycles. The molecule has 0 radical (unpaired) electrons. The number of benzene rings is 2. The van der Waals surface area contributed by atoms with Gasteiger partial charge in [-0.15, -0.1) is 0 Å². The largest absolute Gasteiger partial charge is 0.506 e.